The maximum atomic E-state index is 12.5. The first-order chi connectivity index (χ1) is 11.1. The molecule has 2 aliphatic heterocycles. The minimum Gasteiger partial charge on any atom is -0.502 e. The molecule has 1 amide bonds. The van der Waals surface area contributed by atoms with E-state index in [0.29, 0.717) is 18.5 Å². The first-order valence-electron chi connectivity index (χ1n) is 9.07. The summed E-state index contributed by atoms with van der Waals surface area (Å²) in [5.74, 6) is 1.04. The zero-order valence-electron chi connectivity index (χ0n) is 14.9. The number of rotatable bonds is 7. The molecular weight excluding hydrogens is 290 g/mol. The fraction of sp³-hybridized carbons (Fsp3) is 0.833. The average molecular weight is 323 g/mol. The topological polar surface area (TPSA) is 36.0 Å². The largest absolute Gasteiger partial charge is 0.502 e. The number of amides is 1. The van der Waals surface area contributed by atoms with Crippen LogP contribution in [0.2, 0.25) is 0 Å². The van der Waals surface area contributed by atoms with Crippen LogP contribution in [0.25, 0.3) is 0 Å². The van der Waals surface area contributed by atoms with Crippen LogP contribution < -0.4 is 0 Å². The minimum absolute atomic E-state index is 0.307. The van der Waals surface area contributed by atoms with Crippen LogP contribution in [0.4, 0.5) is 0 Å². The minimum atomic E-state index is 0.307. The number of ether oxygens (including phenoxy) is 1. The van der Waals surface area contributed by atoms with E-state index in [4.69, 9.17) is 4.74 Å². The maximum absolute atomic E-state index is 12.5. The Morgan fingerprint density at radius 2 is 1.83 bits per heavy atom. The van der Waals surface area contributed by atoms with Gasteiger partial charge >= 0.3 is 0 Å². The molecule has 0 radical (unpaired) electrons. The molecule has 2 aliphatic rings. The molecule has 5 nitrogen and oxygen atoms in total. The summed E-state index contributed by atoms with van der Waals surface area (Å²) in [4.78, 5) is 19.3. The summed E-state index contributed by atoms with van der Waals surface area (Å²) in [6.45, 7) is 15.2. The third-order valence-corrected chi connectivity index (χ3v) is 5.23. The smallest absolute Gasteiger partial charge is 0.236 e. The van der Waals surface area contributed by atoms with Gasteiger partial charge in [-0.15, -0.1) is 0 Å². The average Bonchev–Trinajstić information content (AvgIpc) is 2.56. The molecule has 0 aromatic carbocycles. The van der Waals surface area contributed by atoms with Gasteiger partial charge in [-0.05, 0) is 52.1 Å². The number of piperazine rings is 1. The van der Waals surface area contributed by atoms with Crippen molar-refractivity contribution in [2.24, 2.45) is 5.92 Å². The number of carbonyl (C=O) groups excluding carboxylic acids is 1. The van der Waals surface area contributed by atoms with Gasteiger partial charge in [0.25, 0.3) is 0 Å². The van der Waals surface area contributed by atoms with Crippen LogP contribution in [0.3, 0.4) is 0 Å². The molecule has 0 saturated carbocycles. The Labute approximate surface area is 141 Å². The molecular formula is C18H33N3O2. The molecule has 2 heterocycles. The van der Waals surface area contributed by atoms with E-state index in [1.807, 2.05) is 4.90 Å². The molecule has 0 spiro atoms. The Morgan fingerprint density at radius 1 is 1.17 bits per heavy atom. The van der Waals surface area contributed by atoms with Crippen molar-refractivity contribution in [3.8, 4) is 0 Å². The van der Waals surface area contributed by atoms with Crippen LogP contribution in [0.15, 0.2) is 12.8 Å². The van der Waals surface area contributed by atoms with Gasteiger partial charge < -0.3 is 9.64 Å². The molecule has 0 N–H and O–H groups in total. The van der Waals surface area contributed by atoms with E-state index < -0.39 is 0 Å². The van der Waals surface area contributed by atoms with Gasteiger partial charge in [-0.25, -0.2) is 0 Å². The van der Waals surface area contributed by atoms with Crippen LogP contribution in [-0.4, -0.2) is 79.1 Å². The van der Waals surface area contributed by atoms with E-state index >= 15 is 0 Å². The molecule has 2 saturated heterocycles. The molecule has 5 heteroatoms. The van der Waals surface area contributed by atoms with E-state index in [1.54, 1.807) is 0 Å². The van der Waals surface area contributed by atoms with Gasteiger partial charge in [-0.2, -0.15) is 0 Å². The summed E-state index contributed by atoms with van der Waals surface area (Å²) < 4.78 is 5.22. The number of likely N-dealkylation sites (tertiary alicyclic amines) is 1. The summed E-state index contributed by atoms with van der Waals surface area (Å²) in [5, 5.41) is 0. The predicted octanol–water partition coefficient (Wildman–Crippen LogP) is 1.80. The molecule has 0 aromatic rings. The van der Waals surface area contributed by atoms with Crippen LogP contribution in [0.1, 0.15) is 33.1 Å². The second-order valence-corrected chi connectivity index (χ2v) is 7.06. The maximum Gasteiger partial charge on any atom is 0.236 e. The van der Waals surface area contributed by atoms with E-state index in [1.165, 1.54) is 19.1 Å². The van der Waals surface area contributed by atoms with Crippen molar-refractivity contribution in [3.63, 3.8) is 0 Å². The van der Waals surface area contributed by atoms with Gasteiger partial charge in [0.2, 0.25) is 5.91 Å². The Hall–Kier alpha value is -1.07. The zero-order chi connectivity index (χ0) is 16.7. The van der Waals surface area contributed by atoms with Crippen molar-refractivity contribution in [2.75, 3.05) is 52.4 Å². The van der Waals surface area contributed by atoms with E-state index in [2.05, 4.69) is 30.2 Å². The van der Waals surface area contributed by atoms with Gasteiger partial charge in [0.15, 0.2) is 0 Å². The standard InChI is InChI=1S/C18H33N3O2/c1-4-23-14-7-17-5-8-19(9-6-17)15-18(22)21-12-10-20(11-13-21)16(2)3/h4,16-17H,1,5-15H2,2-3H3. The number of nitrogens with zero attached hydrogens (tertiary/aromatic N) is 3. The lowest BCUT2D eigenvalue weighted by atomic mass is 9.94. The summed E-state index contributed by atoms with van der Waals surface area (Å²) >= 11 is 0. The molecule has 0 aromatic heterocycles. The van der Waals surface area contributed by atoms with Crippen LogP contribution in [0.5, 0.6) is 0 Å². The normalized spacial score (nSPS) is 21.6. The van der Waals surface area contributed by atoms with Crippen molar-refractivity contribution < 1.29 is 9.53 Å². The molecule has 23 heavy (non-hydrogen) atoms. The number of carbonyl (C=O) groups is 1. The lowest BCUT2D eigenvalue weighted by molar-refractivity contribution is -0.134. The highest BCUT2D eigenvalue weighted by Gasteiger charge is 2.25. The fourth-order valence-corrected chi connectivity index (χ4v) is 3.53. The Bertz CT molecular complexity index is 370. The number of hydrogen-bond acceptors (Lipinski definition) is 4. The molecule has 0 unspecified atom stereocenters. The summed E-state index contributed by atoms with van der Waals surface area (Å²) in [7, 11) is 0. The third-order valence-electron chi connectivity index (χ3n) is 5.23. The summed E-state index contributed by atoms with van der Waals surface area (Å²) in [6, 6.07) is 0.580. The monoisotopic (exact) mass is 323 g/mol. The highest BCUT2D eigenvalue weighted by atomic mass is 16.5. The summed E-state index contributed by atoms with van der Waals surface area (Å²) in [6.07, 6.45) is 4.97. The molecule has 0 aliphatic carbocycles. The second kappa shape index (κ2) is 9.28. The van der Waals surface area contributed by atoms with Crippen molar-refractivity contribution >= 4 is 5.91 Å². The predicted molar refractivity (Wildman–Crippen MR) is 93.2 cm³/mol. The first kappa shape index (κ1) is 18.3. The highest BCUT2D eigenvalue weighted by Crippen LogP contribution is 2.20. The zero-order valence-corrected chi connectivity index (χ0v) is 14.9. The van der Waals surface area contributed by atoms with Crippen LogP contribution in [-0.2, 0) is 9.53 Å². The Balaban J connectivity index is 1.64. The molecule has 0 atom stereocenters. The van der Waals surface area contributed by atoms with Crippen molar-refractivity contribution in [1.29, 1.82) is 0 Å². The van der Waals surface area contributed by atoms with E-state index in [9.17, 15) is 4.79 Å². The third kappa shape index (κ3) is 5.81. The molecule has 132 valence electrons. The SMILES string of the molecule is C=COCCC1CCN(CC(=O)N2CCN(C(C)C)CC2)CC1. The van der Waals surface area contributed by atoms with Gasteiger partial charge in [0, 0.05) is 32.2 Å². The summed E-state index contributed by atoms with van der Waals surface area (Å²) in [5.41, 5.74) is 0. The van der Waals surface area contributed by atoms with Crippen LogP contribution >= 0.6 is 0 Å². The highest BCUT2D eigenvalue weighted by molar-refractivity contribution is 5.78. The van der Waals surface area contributed by atoms with Crippen molar-refractivity contribution in [3.05, 3.63) is 12.8 Å². The fourth-order valence-electron chi connectivity index (χ4n) is 3.53. The van der Waals surface area contributed by atoms with Crippen molar-refractivity contribution in [2.45, 2.75) is 39.2 Å². The Kier molecular flexibility index (Phi) is 7.37. The number of hydrogen-bond donors (Lipinski definition) is 0. The molecule has 0 bridgehead atoms. The quantitative estimate of drug-likeness (QED) is 0.529. The van der Waals surface area contributed by atoms with Crippen molar-refractivity contribution in [1.82, 2.24) is 14.7 Å². The van der Waals surface area contributed by atoms with E-state index in [-0.39, 0.29) is 0 Å². The first-order valence-corrected chi connectivity index (χ1v) is 9.07. The lowest BCUT2D eigenvalue weighted by Gasteiger charge is -2.38. The van der Waals surface area contributed by atoms with E-state index in [0.717, 1.165) is 58.2 Å². The Morgan fingerprint density at radius 3 is 2.39 bits per heavy atom. The molecule has 2 fully saturated rings. The van der Waals surface area contributed by atoms with Gasteiger partial charge in [-0.1, -0.05) is 6.58 Å². The lowest BCUT2D eigenvalue weighted by Crippen LogP contribution is -2.53. The van der Waals surface area contributed by atoms with Gasteiger partial charge in [0.05, 0.1) is 19.4 Å². The van der Waals surface area contributed by atoms with Gasteiger partial charge in [0.1, 0.15) is 0 Å². The van der Waals surface area contributed by atoms with Crippen LogP contribution in [0, 0.1) is 5.92 Å². The second-order valence-electron chi connectivity index (χ2n) is 7.06. The molecule has 2 rings (SSSR count). The van der Waals surface area contributed by atoms with Gasteiger partial charge in [-0.3, -0.25) is 14.6 Å². The number of piperidine rings is 1.